The number of ether oxygens (including phenoxy) is 2. The number of aromatic nitrogens is 2. The number of sulfonamides is 1. The SMILES string of the molecule is COc1cccc(-c2noc(COC(=O)C(NS(=O)(=O)c3ccccc3F)C(C)C)n2)c1. The molecule has 1 N–H and O–H groups in total. The van der Waals surface area contributed by atoms with Gasteiger partial charge in [-0.1, -0.05) is 43.3 Å². The monoisotopic (exact) mass is 463 g/mol. The predicted molar refractivity (Wildman–Crippen MR) is 111 cm³/mol. The molecule has 0 aliphatic rings. The van der Waals surface area contributed by atoms with E-state index >= 15 is 0 Å². The highest BCUT2D eigenvalue weighted by atomic mass is 32.2. The van der Waals surface area contributed by atoms with Gasteiger partial charge in [0.2, 0.25) is 15.8 Å². The Balaban J connectivity index is 1.68. The van der Waals surface area contributed by atoms with Gasteiger partial charge in [0.25, 0.3) is 5.89 Å². The molecule has 0 spiro atoms. The first-order valence-electron chi connectivity index (χ1n) is 9.62. The van der Waals surface area contributed by atoms with E-state index in [2.05, 4.69) is 14.9 Å². The Labute approximate surface area is 184 Å². The fraction of sp³-hybridized carbons (Fsp3) is 0.286. The standard InChI is InChI=1S/C21H22FN3O6S/c1-13(2)19(25-32(27,28)17-10-5-4-9-16(17)22)21(26)30-12-18-23-20(24-31-18)14-7-6-8-15(11-14)29-3/h4-11,13,19,25H,12H2,1-3H3. The number of esters is 1. The average molecular weight is 463 g/mol. The van der Waals surface area contributed by atoms with Crippen LogP contribution in [0, 0.1) is 11.7 Å². The number of hydrogen-bond acceptors (Lipinski definition) is 8. The Morgan fingerprint density at radius 1 is 1.19 bits per heavy atom. The maximum Gasteiger partial charge on any atom is 0.324 e. The predicted octanol–water partition coefficient (Wildman–Crippen LogP) is 2.93. The second-order valence-electron chi connectivity index (χ2n) is 7.12. The molecule has 3 aromatic rings. The van der Waals surface area contributed by atoms with Crippen LogP contribution < -0.4 is 9.46 Å². The van der Waals surface area contributed by atoms with Gasteiger partial charge < -0.3 is 14.0 Å². The van der Waals surface area contributed by atoms with Crippen LogP contribution in [-0.2, 0) is 26.2 Å². The zero-order valence-corrected chi connectivity index (χ0v) is 18.4. The first-order valence-corrected chi connectivity index (χ1v) is 11.1. The number of carbonyl (C=O) groups is 1. The summed E-state index contributed by atoms with van der Waals surface area (Å²) in [5.41, 5.74) is 0.642. The van der Waals surface area contributed by atoms with E-state index in [1.807, 2.05) is 0 Å². The van der Waals surface area contributed by atoms with Gasteiger partial charge in [-0.05, 0) is 30.2 Å². The van der Waals surface area contributed by atoms with Crippen LogP contribution in [0.3, 0.4) is 0 Å². The van der Waals surface area contributed by atoms with E-state index in [1.54, 1.807) is 38.1 Å². The van der Waals surface area contributed by atoms with Crippen LogP contribution >= 0.6 is 0 Å². The fourth-order valence-corrected chi connectivity index (χ4v) is 4.18. The van der Waals surface area contributed by atoms with Crippen LogP contribution in [0.25, 0.3) is 11.4 Å². The van der Waals surface area contributed by atoms with Crippen LogP contribution in [-0.4, -0.2) is 37.7 Å². The highest BCUT2D eigenvalue weighted by Crippen LogP contribution is 2.21. The van der Waals surface area contributed by atoms with E-state index in [9.17, 15) is 17.6 Å². The summed E-state index contributed by atoms with van der Waals surface area (Å²) in [4.78, 5) is 16.2. The molecule has 0 bridgehead atoms. The number of hydrogen-bond donors (Lipinski definition) is 1. The zero-order chi connectivity index (χ0) is 23.3. The largest absolute Gasteiger partial charge is 0.497 e. The van der Waals surface area contributed by atoms with Crippen molar-refractivity contribution in [3.05, 3.63) is 60.2 Å². The van der Waals surface area contributed by atoms with Crippen LogP contribution in [0.5, 0.6) is 5.75 Å². The quantitative estimate of drug-likeness (QED) is 0.481. The van der Waals surface area contributed by atoms with Gasteiger partial charge in [0.15, 0.2) is 6.61 Å². The summed E-state index contributed by atoms with van der Waals surface area (Å²) in [6.45, 7) is 2.90. The van der Waals surface area contributed by atoms with Crippen LogP contribution in [0.2, 0.25) is 0 Å². The van der Waals surface area contributed by atoms with Crippen molar-refractivity contribution in [2.75, 3.05) is 7.11 Å². The summed E-state index contributed by atoms with van der Waals surface area (Å²) < 4.78 is 56.7. The lowest BCUT2D eigenvalue weighted by Crippen LogP contribution is -2.45. The Morgan fingerprint density at radius 3 is 2.62 bits per heavy atom. The van der Waals surface area contributed by atoms with Gasteiger partial charge in [-0.15, -0.1) is 0 Å². The minimum Gasteiger partial charge on any atom is -0.497 e. The van der Waals surface area contributed by atoms with Gasteiger partial charge in [0.1, 0.15) is 22.5 Å². The number of nitrogens with zero attached hydrogens (tertiary/aromatic N) is 2. The third kappa shape index (κ3) is 5.48. The van der Waals surface area contributed by atoms with Crippen LogP contribution in [0.1, 0.15) is 19.7 Å². The van der Waals surface area contributed by atoms with Crippen molar-refractivity contribution < 1.29 is 31.6 Å². The third-order valence-corrected chi connectivity index (χ3v) is 5.94. The summed E-state index contributed by atoms with van der Waals surface area (Å²) in [6.07, 6.45) is 0. The molecule has 0 amide bonds. The number of nitrogens with one attached hydrogen (secondary N) is 1. The summed E-state index contributed by atoms with van der Waals surface area (Å²) in [5, 5.41) is 3.84. The van der Waals surface area contributed by atoms with Gasteiger partial charge in [0.05, 0.1) is 7.11 Å². The highest BCUT2D eigenvalue weighted by molar-refractivity contribution is 7.89. The van der Waals surface area contributed by atoms with E-state index in [0.29, 0.717) is 11.3 Å². The zero-order valence-electron chi connectivity index (χ0n) is 17.6. The first kappa shape index (κ1) is 23.4. The highest BCUT2D eigenvalue weighted by Gasteiger charge is 2.31. The van der Waals surface area contributed by atoms with Crippen molar-refractivity contribution in [3.8, 4) is 17.1 Å². The smallest absolute Gasteiger partial charge is 0.324 e. The van der Waals surface area contributed by atoms with E-state index in [4.69, 9.17) is 14.0 Å². The molecule has 0 fully saturated rings. The molecule has 1 aromatic heterocycles. The molecule has 11 heteroatoms. The van der Waals surface area contributed by atoms with Gasteiger partial charge in [0, 0.05) is 5.56 Å². The molecule has 0 aliphatic heterocycles. The Kier molecular flexibility index (Phi) is 7.21. The van der Waals surface area contributed by atoms with Crippen molar-refractivity contribution in [2.24, 2.45) is 5.92 Å². The topological polar surface area (TPSA) is 121 Å². The van der Waals surface area contributed by atoms with Crippen molar-refractivity contribution in [3.63, 3.8) is 0 Å². The second kappa shape index (κ2) is 9.88. The molecule has 32 heavy (non-hydrogen) atoms. The van der Waals surface area contributed by atoms with Gasteiger partial charge >= 0.3 is 5.97 Å². The van der Waals surface area contributed by atoms with E-state index in [-0.39, 0.29) is 18.3 Å². The summed E-state index contributed by atoms with van der Waals surface area (Å²) in [5.74, 6) is -1.35. The molecular formula is C21H22FN3O6S. The average Bonchev–Trinajstić information content (AvgIpc) is 3.25. The minimum atomic E-state index is -4.29. The third-order valence-electron chi connectivity index (χ3n) is 4.46. The summed E-state index contributed by atoms with van der Waals surface area (Å²) >= 11 is 0. The van der Waals surface area contributed by atoms with E-state index in [1.165, 1.54) is 19.2 Å². The normalized spacial score (nSPS) is 12.5. The molecule has 0 aliphatic carbocycles. The van der Waals surface area contributed by atoms with Gasteiger partial charge in [-0.25, -0.2) is 12.8 Å². The van der Waals surface area contributed by atoms with Crippen molar-refractivity contribution in [1.29, 1.82) is 0 Å². The molecule has 0 saturated heterocycles. The Bertz CT molecular complexity index is 1200. The molecule has 0 saturated carbocycles. The maximum atomic E-state index is 13.9. The van der Waals surface area contributed by atoms with Gasteiger partial charge in [-0.2, -0.15) is 9.71 Å². The fourth-order valence-electron chi connectivity index (χ4n) is 2.77. The van der Waals surface area contributed by atoms with Crippen molar-refractivity contribution in [1.82, 2.24) is 14.9 Å². The number of benzene rings is 2. The molecule has 2 aromatic carbocycles. The lowest BCUT2D eigenvalue weighted by Gasteiger charge is -2.20. The number of methoxy groups -OCH3 is 1. The lowest BCUT2D eigenvalue weighted by molar-refractivity contribution is -0.148. The lowest BCUT2D eigenvalue weighted by atomic mass is 10.1. The van der Waals surface area contributed by atoms with E-state index < -0.39 is 38.7 Å². The van der Waals surface area contributed by atoms with Crippen LogP contribution in [0.4, 0.5) is 4.39 Å². The van der Waals surface area contributed by atoms with E-state index in [0.717, 1.165) is 12.1 Å². The van der Waals surface area contributed by atoms with Gasteiger partial charge in [-0.3, -0.25) is 4.79 Å². The summed E-state index contributed by atoms with van der Waals surface area (Å²) in [7, 11) is -2.76. The molecule has 1 heterocycles. The second-order valence-corrected chi connectivity index (χ2v) is 8.81. The Morgan fingerprint density at radius 2 is 1.94 bits per heavy atom. The van der Waals surface area contributed by atoms with Crippen LogP contribution in [0.15, 0.2) is 57.9 Å². The minimum absolute atomic E-state index is 0.0237. The molecule has 1 atom stereocenters. The number of carbonyl (C=O) groups excluding carboxylic acids is 1. The van der Waals surface area contributed by atoms with Crippen molar-refractivity contribution >= 4 is 16.0 Å². The molecule has 3 rings (SSSR count). The first-order chi connectivity index (χ1) is 15.2. The Hall–Kier alpha value is -3.31. The molecule has 9 nitrogen and oxygen atoms in total. The molecule has 0 radical (unpaired) electrons. The number of rotatable bonds is 9. The molecular weight excluding hydrogens is 441 g/mol. The number of halogens is 1. The molecule has 1 unspecified atom stereocenters. The molecule has 170 valence electrons. The summed E-state index contributed by atoms with van der Waals surface area (Å²) in [6, 6.07) is 10.6. The van der Waals surface area contributed by atoms with Crippen molar-refractivity contribution in [2.45, 2.75) is 31.4 Å². The maximum absolute atomic E-state index is 13.9.